The van der Waals surface area contributed by atoms with Crippen LogP contribution < -0.4 is 10.5 Å². The Hall–Kier alpha value is -2.02. The predicted octanol–water partition coefficient (Wildman–Crippen LogP) is 3.82. The molecule has 0 radical (unpaired) electrons. The molecule has 1 heterocycles. The molecule has 0 amide bonds. The molecule has 0 bridgehead atoms. The van der Waals surface area contributed by atoms with Gasteiger partial charge in [-0.15, -0.1) is 0 Å². The number of hydrogen-bond donors (Lipinski definition) is 1. The van der Waals surface area contributed by atoms with Gasteiger partial charge < -0.3 is 10.5 Å². The zero-order valence-corrected chi connectivity index (χ0v) is 13.3. The zero-order valence-electron chi connectivity index (χ0n) is 13.3. The highest BCUT2D eigenvalue weighted by Gasteiger charge is 2.30. The Kier molecular flexibility index (Phi) is 4.99. The van der Waals surface area contributed by atoms with Crippen LogP contribution in [0.25, 0.3) is 0 Å². The van der Waals surface area contributed by atoms with Crippen LogP contribution in [0.5, 0.6) is 11.6 Å². The molecule has 0 fully saturated rings. The van der Waals surface area contributed by atoms with Crippen molar-refractivity contribution in [3.8, 4) is 11.6 Å². The van der Waals surface area contributed by atoms with Crippen LogP contribution in [0.2, 0.25) is 0 Å². The summed E-state index contributed by atoms with van der Waals surface area (Å²) in [6.45, 7) is 3.81. The number of aromatic nitrogens is 2. The summed E-state index contributed by atoms with van der Waals surface area (Å²) in [4.78, 5) is 0. The third-order valence-electron chi connectivity index (χ3n) is 3.66. The Morgan fingerprint density at radius 3 is 2.65 bits per heavy atom. The maximum atomic E-state index is 12.8. The third kappa shape index (κ3) is 4.04. The van der Waals surface area contributed by atoms with Crippen LogP contribution in [0.15, 0.2) is 24.3 Å². The minimum absolute atomic E-state index is 0.0539. The van der Waals surface area contributed by atoms with Crippen LogP contribution in [0.1, 0.15) is 30.2 Å². The van der Waals surface area contributed by atoms with Crippen molar-refractivity contribution in [2.24, 2.45) is 12.8 Å². The van der Waals surface area contributed by atoms with Crippen LogP contribution >= 0.6 is 0 Å². The molecular formula is C16H20F3N3O. The topological polar surface area (TPSA) is 53.1 Å². The third-order valence-corrected chi connectivity index (χ3v) is 3.66. The molecule has 1 unspecified atom stereocenters. The molecule has 0 spiro atoms. The summed E-state index contributed by atoms with van der Waals surface area (Å²) in [5.74, 6) is 0.542. The first-order valence-electron chi connectivity index (χ1n) is 7.35. The number of nitrogens with two attached hydrogens (primary N) is 1. The number of halogens is 3. The molecule has 0 aliphatic rings. The second-order valence-electron chi connectivity index (χ2n) is 5.49. The Labute approximate surface area is 133 Å². The van der Waals surface area contributed by atoms with Crippen molar-refractivity contribution in [1.82, 2.24) is 9.78 Å². The molecule has 2 N–H and O–H groups in total. The molecule has 2 aromatic rings. The largest absolute Gasteiger partial charge is 0.439 e. The van der Waals surface area contributed by atoms with E-state index in [2.05, 4.69) is 5.10 Å². The van der Waals surface area contributed by atoms with Gasteiger partial charge in [-0.1, -0.05) is 13.0 Å². The van der Waals surface area contributed by atoms with E-state index in [1.165, 1.54) is 16.8 Å². The van der Waals surface area contributed by atoms with Crippen LogP contribution in [0.4, 0.5) is 13.2 Å². The van der Waals surface area contributed by atoms with Crippen LogP contribution in [-0.2, 0) is 19.6 Å². The maximum Gasteiger partial charge on any atom is 0.416 e. The van der Waals surface area contributed by atoms with Crippen LogP contribution in [0, 0.1) is 6.92 Å². The lowest BCUT2D eigenvalue weighted by atomic mass is 10.1. The highest BCUT2D eigenvalue weighted by atomic mass is 19.4. The van der Waals surface area contributed by atoms with Crippen molar-refractivity contribution >= 4 is 0 Å². The van der Waals surface area contributed by atoms with Gasteiger partial charge in [0, 0.05) is 18.7 Å². The first-order valence-corrected chi connectivity index (χ1v) is 7.35. The van der Waals surface area contributed by atoms with Gasteiger partial charge in [-0.05, 0) is 38.0 Å². The molecule has 0 saturated carbocycles. The van der Waals surface area contributed by atoms with Crippen molar-refractivity contribution in [3.63, 3.8) is 0 Å². The molecule has 0 aliphatic heterocycles. The fourth-order valence-electron chi connectivity index (χ4n) is 2.30. The molecule has 23 heavy (non-hydrogen) atoms. The van der Waals surface area contributed by atoms with Gasteiger partial charge in [0.05, 0.1) is 11.3 Å². The minimum atomic E-state index is -4.41. The summed E-state index contributed by atoms with van der Waals surface area (Å²) in [5, 5.41) is 4.28. The highest BCUT2D eigenvalue weighted by molar-refractivity contribution is 5.38. The average molecular weight is 327 g/mol. The van der Waals surface area contributed by atoms with E-state index in [0.29, 0.717) is 12.3 Å². The predicted molar refractivity (Wildman–Crippen MR) is 81.4 cm³/mol. The zero-order chi connectivity index (χ0) is 17.2. The van der Waals surface area contributed by atoms with Crippen LogP contribution in [0.3, 0.4) is 0 Å². The summed E-state index contributed by atoms with van der Waals surface area (Å²) < 4.78 is 45.6. The van der Waals surface area contributed by atoms with Gasteiger partial charge >= 0.3 is 6.18 Å². The molecule has 0 saturated heterocycles. The molecule has 1 aromatic carbocycles. The van der Waals surface area contributed by atoms with Crippen molar-refractivity contribution in [2.75, 3.05) is 0 Å². The number of benzene rings is 1. The van der Waals surface area contributed by atoms with Gasteiger partial charge in [0.25, 0.3) is 0 Å². The summed E-state index contributed by atoms with van der Waals surface area (Å²) in [6, 6.07) is 4.74. The lowest BCUT2D eigenvalue weighted by Crippen LogP contribution is -2.21. The maximum absolute atomic E-state index is 12.8. The van der Waals surface area contributed by atoms with E-state index in [1.54, 1.807) is 7.05 Å². The van der Waals surface area contributed by atoms with E-state index in [4.69, 9.17) is 10.5 Å². The van der Waals surface area contributed by atoms with Crippen molar-refractivity contribution in [3.05, 3.63) is 41.1 Å². The van der Waals surface area contributed by atoms with Gasteiger partial charge in [0.15, 0.2) is 0 Å². The van der Waals surface area contributed by atoms with Gasteiger partial charge in [0.1, 0.15) is 5.75 Å². The number of nitrogens with zero attached hydrogens (tertiary/aromatic N) is 2. The number of aryl methyl sites for hydroxylation is 2. The number of ether oxygens (including phenoxy) is 1. The first-order chi connectivity index (χ1) is 10.7. The molecule has 4 nitrogen and oxygen atoms in total. The fourth-order valence-corrected chi connectivity index (χ4v) is 2.30. The molecule has 1 aromatic heterocycles. The van der Waals surface area contributed by atoms with E-state index < -0.39 is 11.7 Å². The summed E-state index contributed by atoms with van der Waals surface area (Å²) in [5.41, 5.74) is 6.82. The van der Waals surface area contributed by atoms with E-state index in [1.807, 2.05) is 13.8 Å². The lowest BCUT2D eigenvalue weighted by Gasteiger charge is -2.13. The van der Waals surface area contributed by atoms with Crippen LogP contribution in [-0.4, -0.2) is 15.8 Å². The standard InChI is InChI=1S/C16H20F3N3O/c1-4-12(20)9-14-10(2)21-22(3)15(14)23-13-7-5-6-11(8-13)16(17,18)19/h5-8,12H,4,9,20H2,1-3H3. The fraction of sp³-hybridized carbons (Fsp3) is 0.438. The minimum Gasteiger partial charge on any atom is -0.439 e. The van der Waals surface area contributed by atoms with Gasteiger partial charge in [-0.2, -0.15) is 18.3 Å². The summed E-state index contributed by atoms with van der Waals surface area (Å²) in [6.07, 6.45) is -3.06. The molecule has 126 valence electrons. The second kappa shape index (κ2) is 6.62. The van der Waals surface area contributed by atoms with E-state index in [-0.39, 0.29) is 11.8 Å². The van der Waals surface area contributed by atoms with Crippen molar-refractivity contribution in [2.45, 2.75) is 38.9 Å². The van der Waals surface area contributed by atoms with Gasteiger partial charge in [-0.25, -0.2) is 4.68 Å². The highest BCUT2D eigenvalue weighted by Crippen LogP contribution is 2.34. The molecule has 2 rings (SSSR count). The van der Waals surface area contributed by atoms with Crippen molar-refractivity contribution < 1.29 is 17.9 Å². The second-order valence-corrected chi connectivity index (χ2v) is 5.49. The monoisotopic (exact) mass is 327 g/mol. The normalized spacial score (nSPS) is 13.2. The quantitative estimate of drug-likeness (QED) is 0.908. The Morgan fingerprint density at radius 1 is 1.35 bits per heavy atom. The molecule has 7 heteroatoms. The lowest BCUT2D eigenvalue weighted by molar-refractivity contribution is -0.137. The summed E-state index contributed by atoms with van der Waals surface area (Å²) >= 11 is 0. The summed E-state index contributed by atoms with van der Waals surface area (Å²) in [7, 11) is 1.69. The van der Waals surface area contributed by atoms with E-state index >= 15 is 0 Å². The Bertz CT molecular complexity index is 680. The molecular weight excluding hydrogens is 307 g/mol. The SMILES string of the molecule is CCC(N)Cc1c(C)nn(C)c1Oc1cccc(C(F)(F)F)c1. The van der Waals surface area contributed by atoms with Gasteiger partial charge in [-0.3, -0.25) is 0 Å². The number of hydrogen-bond acceptors (Lipinski definition) is 3. The smallest absolute Gasteiger partial charge is 0.416 e. The van der Waals surface area contributed by atoms with E-state index in [9.17, 15) is 13.2 Å². The molecule has 0 aliphatic carbocycles. The Morgan fingerprint density at radius 2 is 2.04 bits per heavy atom. The first kappa shape index (κ1) is 17.3. The average Bonchev–Trinajstić information content (AvgIpc) is 2.73. The van der Waals surface area contributed by atoms with E-state index in [0.717, 1.165) is 29.8 Å². The van der Waals surface area contributed by atoms with Gasteiger partial charge in [0.2, 0.25) is 5.88 Å². The van der Waals surface area contributed by atoms with Crippen molar-refractivity contribution in [1.29, 1.82) is 0 Å². The molecule has 1 atom stereocenters. The number of alkyl halides is 3. The number of rotatable bonds is 5. The Balaban J connectivity index is 2.33.